The first-order valence-electron chi connectivity index (χ1n) is 10.4. The van der Waals surface area contributed by atoms with Crippen molar-refractivity contribution in [3.05, 3.63) is 98.5 Å². The molecule has 0 spiro atoms. The molecule has 3 aromatic rings. The summed E-state index contributed by atoms with van der Waals surface area (Å²) in [7, 11) is 0. The van der Waals surface area contributed by atoms with E-state index in [2.05, 4.69) is 4.90 Å². The highest BCUT2D eigenvalue weighted by molar-refractivity contribution is 6.42. The Morgan fingerprint density at radius 2 is 1.44 bits per heavy atom. The quantitative estimate of drug-likeness (QED) is 0.414. The molecule has 0 radical (unpaired) electrons. The summed E-state index contributed by atoms with van der Waals surface area (Å²) in [4.78, 5) is 17.1. The third kappa shape index (κ3) is 5.96. The van der Waals surface area contributed by atoms with Gasteiger partial charge in [-0.05, 0) is 59.7 Å². The van der Waals surface area contributed by atoms with Crippen LogP contribution in [0.3, 0.4) is 0 Å². The summed E-state index contributed by atoms with van der Waals surface area (Å²) in [6.07, 6.45) is 0. The van der Waals surface area contributed by atoms with E-state index in [1.807, 2.05) is 59.5 Å². The summed E-state index contributed by atoms with van der Waals surface area (Å²) in [5, 5.41) is 1.81. The van der Waals surface area contributed by atoms with Gasteiger partial charge >= 0.3 is 0 Å². The van der Waals surface area contributed by atoms with Crippen molar-refractivity contribution in [2.45, 2.75) is 13.2 Å². The van der Waals surface area contributed by atoms with E-state index < -0.39 is 0 Å². The highest BCUT2D eigenvalue weighted by Gasteiger charge is 2.22. The number of carbonyl (C=O) groups is 1. The summed E-state index contributed by atoms with van der Waals surface area (Å²) < 4.78 is 5.76. The number of benzene rings is 3. The fraction of sp³-hybridized carbons (Fsp3) is 0.240. The number of ether oxygens (including phenoxy) is 1. The molecular weight excluding hydrogens is 467 g/mol. The van der Waals surface area contributed by atoms with E-state index in [1.54, 1.807) is 12.1 Å². The van der Waals surface area contributed by atoms with Gasteiger partial charge in [-0.15, -0.1) is 0 Å². The van der Waals surface area contributed by atoms with Gasteiger partial charge in [0.05, 0.1) is 10.0 Å². The average Bonchev–Trinajstić information content (AvgIpc) is 2.81. The van der Waals surface area contributed by atoms with Crippen molar-refractivity contribution in [2.75, 3.05) is 26.2 Å². The lowest BCUT2D eigenvalue weighted by Crippen LogP contribution is -2.48. The van der Waals surface area contributed by atoms with Gasteiger partial charge in [-0.3, -0.25) is 9.69 Å². The molecule has 3 aromatic carbocycles. The monoisotopic (exact) mass is 488 g/mol. The Hall–Kier alpha value is -2.24. The van der Waals surface area contributed by atoms with Crippen LogP contribution in [-0.2, 0) is 13.2 Å². The second-order valence-corrected chi connectivity index (χ2v) is 9.01. The predicted octanol–water partition coefficient (Wildman–Crippen LogP) is 6.18. The van der Waals surface area contributed by atoms with Crippen molar-refractivity contribution in [1.82, 2.24) is 9.80 Å². The van der Waals surface area contributed by atoms with Crippen LogP contribution in [0.1, 0.15) is 21.5 Å². The molecule has 1 heterocycles. The maximum absolute atomic E-state index is 12.9. The van der Waals surface area contributed by atoms with Gasteiger partial charge < -0.3 is 9.64 Å². The Bertz CT molecular complexity index is 1060. The van der Waals surface area contributed by atoms with Crippen molar-refractivity contribution >= 4 is 40.7 Å². The highest BCUT2D eigenvalue weighted by atomic mass is 35.5. The van der Waals surface area contributed by atoms with Gasteiger partial charge in [0.1, 0.15) is 12.4 Å². The van der Waals surface area contributed by atoms with E-state index in [1.165, 1.54) is 0 Å². The Labute approximate surface area is 203 Å². The van der Waals surface area contributed by atoms with E-state index in [0.29, 0.717) is 40.3 Å². The van der Waals surface area contributed by atoms with Crippen LogP contribution in [0.2, 0.25) is 15.1 Å². The lowest BCUT2D eigenvalue weighted by atomic mass is 10.1. The largest absolute Gasteiger partial charge is 0.489 e. The maximum atomic E-state index is 12.9. The van der Waals surface area contributed by atoms with Crippen LogP contribution < -0.4 is 4.74 Å². The number of carbonyl (C=O) groups excluding carboxylic acids is 1. The first-order chi connectivity index (χ1) is 15.5. The fourth-order valence-electron chi connectivity index (χ4n) is 3.63. The number of nitrogens with zero attached hydrogens (tertiary/aromatic N) is 2. The molecule has 4 nitrogen and oxygen atoms in total. The molecule has 32 heavy (non-hydrogen) atoms. The fourth-order valence-corrected chi connectivity index (χ4v) is 4.08. The van der Waals surface area contributed by atoms with Gasteiger partial charge in [-0.1, -0.05) is 53.0 Å². The topological polar surface area (TPSA) is 32.8 Å². The summed E-state index contributed by atoms with van der Waals surface area (Å²) in [6, 6.07) is 20.6. The second kappa shape index (κ2) is 10.6. The standard InChI is InChI=1S/C25H23Cl3N2O2/c26-21-6-8-22(9-7-21)32-17-18-1-4-20(5-2-18)25(31)30-13-11-29(12-14-30)16-19-3-10-23(27)24(28)15-19/h1-10,15H,11-14,16-17H2. The first-order valence-corrected chi connectivity index (χ1v) is 11.5. The molecule has 0 aliphatic carbocycles. The summed E-state index contributed by atoms with van der Waals surface area (Å²) in [5.74, 6) is 0.817. The lowest BCUT2D eigenvalue weighted by molar-refractivity contribution is 0.0628. The molecule has 0 aromatic heterocycles. The van der Waals surface area contributed by atoms with Crippen molar-refractivity contribution in [3.8, 4) is 5.75 Å². The Balaban J connectivity index is 1.27. The molecule has 1 fully saturated rings. The van der Waals surface area contributed by atoms with Crippen LogP contribution >= 0.6 is 34.8 Å². The molecule has 166 valence electrons. The minimum Gasteiger partial charge on any atom is -0.489 e. The Morgan fingerprint density at radius 3 is 2.09 bits per heavy atom. The summed E-state index contributed by atoms with van der Waals surface area (Å²) in [5.41, 5.74) is 2.82. The van der Waals surface area contributed by atoms with Gasteiger partial charge in [0.15, 0.2) is 0 Å². The molecular formula is C25H23Cl3N2O2. The molecule has 0 saturated carbocycles. The van der Waals surface area contributed by atoms with Gasteiger partial charge in [0.2, 0.25) is 0 Å². The third-order valence-corrected chi connectivity index (χ3v) is 6.46. The molecule has 1 aliphatic heterocycles. The second-order valence-electron chi connectivity index (χ2n) is 7.76. The molecule has 0 N–H and O–H groups in total. The molecule has 1 saturated heterocycles. The SMILES string of the molecule is O=C(c1ccc(COc2ccc(Cl)cc2)cc1)N1CCN(Cc2ccc(Cl)c(Cl)c2)CC1. The molecule has 0 unspecified atom stereocenters. The molecule has 4 rings (SSSR count). The van der Waals surface area contributed by atoms with E-state index in [9.17, 15) is 4.79 Å². The number of halogens is 3. The van der Waals surface area contributed by atoms with Gasteiger partial charge in [0, 0.05) is 43.3 Å². The molecule has 1 aliphatic rings. The van der Waals surface area contributed by atoms with Gasteiger partial charge in [0.25, 0.3) is 5.91 Å². The normalized spacial score (nSPS) is 14.4. The van der Waals surface area contributed by atoms with Crippen LogP contribution in [0.4, 0.5) is 0 Å². The number of hydrogen-bond acceptors (Lipinski definition) is 3. The van der Waals surface area contributed by atoms with Crippen LogP contribution in [0.25, 0.3) is 0 Å². The average molecular weight is 490 g/mol. The zero-order valence-corrected chi connectivity index (χ0v) is 19.7. The summed E-state index contributed by atoms with van der Waals surface area (Å²) >= 11 is 18.0. The zero-order valence-electron chi connectivity index (χ0n) is 17.4. The van der Waals surface area contributed by atoms with Crippen molar-refractivity contribution in [2.24, 2.45) is 0 Å². The Morgan fingerprint density at radius 1 is 0.781 bits per heavy atom. The smallest absolute Gasteiger partial charge is 0.253 e. The van der Waals surface area contributed by atoms with Gasteiger partial charge in [-0.2, -0.15) is 0 Å². The van der Waals surface area contributed by atoms with Gasteiger partial charge in [-0.25, -0.2) is 0 Å². The number of amides is 1. The zero-order chi connectivity index (χ0) is 22.5. The van der Waals surface area contributed by atoms with E-state index >= 15 is 0 Å². The van der Waals surface area contributed by atoms with Crippen molar-refractivity contribution < 1.29 is 9.53 Å². The van der Waals surface area contributed by atoms with E-state index in [-0.39, 0.29) is 5.91 Å². The first kappa shape index (κ1) is 22.9. The van der Waals surface area contributed by atoms with Crippen LogP contribution in [-0.4, -0.2) is 41.9 Å². The predicted molar refractivity (Wildman–Crippen MR) is 130 cm³/mol. The van der Waals surface area contributed by atoms with Crippen LogP contribution in [0.15, 0.2) is 66.7 Å². The van der Waals surface area contributed by atoms with Crippen molar-refractivity contribution in [3.63, 3.8) is 0 Å². The molecule has 1 amide bonds. The highest BCUT2D eigenvalue weighted by Crippen LogP contribution is 2.24. The molecule has 0 atom stereocenters. The minimum atomic E-state index is 0.0596. The number of piperazine rings is 1. The third-order valence-electron chi connectivity index (χ3n) is 5.47. The van der Waals surface area contributed by atoms with E-state index in [0.717, 1.165) is 36.5 Å². The van der Waals surface area contributed by atoms with E-state index in [4.69, 9.17) is 39.5 Å². The van der Waals surface area contributed by atoms with Crippen molar-refractivity contribution in [1.29, 1.82) is 0 Å². The summed E-state index contributed by atoms with van der Waals surface area (Å²) in [6.45, 7) is 4.26. The minimum absolute atomic E-state index is 0.0596. The Kier molecular flexibility index (Phi) is 7.59. The van der Waals surface area contributed by atoms with Crippen LogP contribution in [0.5, 0.6) is 5.75 Å². The molecule has 0 bridgehead atoms. The number of rotatable bonds is 6. The molecule has 7 heteroatoms. The lowest BCUT2D eigenvalue weighted by Gasteiger charge is -2.34. The maximum Gasteiger partial charge on any atom is 0.253 e. The van der Waals surface area contributed by atoms with Crippen LogP contribution in [0, 0.1) is 0 Å². The number of hydrogen-bond donors (Lipinski definition) is 0.